The Bertz CT molecular complexity index is 238. The molecule has 0 spiro atoms. The number of allylic oxidation sites excluding steroid dienone is 1. The Balaban J connectivity index is 2.16. The molecule has 0 bridgehead atoms. The van der Waals surface area contributed by atoms with E-state index in [1.54, 1.807) is 6.26 Å². The van der Waals surface area contributed by atoms with Crippen LogP contribution in [-0.2, 0) is 10.8 Å². The number of rotatable bonds is 9. The van der Waals surface area contributed by atoms with Crippen LogP contribution in [0.5, 0.6) is 0 Å². The van der Waals surface area contributed by atoms with E-state index in [9.17, 15) is 4.21 Å². The lowest BCUT2D eigenvalue weighted by molar-refractivity contribution is 0.434. The average Bonchev–Trinajstić information content (AvgIpc) is 3.06. The summed E-state index contributed by atoms with van der Waals surface area (Å²) in [5.41, 5.74) is 0. The van der Waals surface area contributed by atoms with Crippen LogP contribution in [-0.4, -0.2) is 28.3 Å². The van der Waals surface area contributed by atoms with Gasteiger partial charge in [0.1, 0.15) is 0 Å². The average molecular weight is 243 g/mol. The molecular formula is C13H25NOS. The van der Waals surface area contributed by atoms with Crippen LogP contribution in [0, 0.1) is 5.92 Å². The molecule has 3 unspecified atom stereocenters. The van der Waals surface area contributed by atoms with Crippen molar-refractivity contribution in [2.24, 2.45) is 5.92 Å². The largest absolute Gasteiger partial charge is 0.314 e. The summed E-state index contributed by atoms with van der Waals surface area (Å²) in [7, 11) is -0.682. The molecule has 16 heavy (non-hydrogen) atoms. The molecule has 1 fully saturated rings. The van der Waals surface area contributed by atoms with Crippen LogP contribution in [0.3, 0.4) is 0 Å². The van der Waals surface area contributed by atoms with Crippen LogP contribution < -0.4 is 5.32 Å². The van der Waals surface area contributed by atoms with E-state index >= 15 is 0 Å². The summed E-state index contributed by atoms with van der Waals surface area (Å²) < 4.78 is 11.2. The molecule has 0 aliphatic heterocycles. The number of hydrogen-bond donors (Lipinski definition) is 1. The monoisotopic (exact) mass is 243 g/mol. The first kappa shape index (κ1) is 13.9. The lowest BCUT2D eigenvalue weighted by atomic mass is 10.1. The van der Waals surface area contributed by atoms with E-state index in [1.807, 2.05) is 6.08 Å². The maximum Gasteiger partial charge on any atom is 0.0329 e. The van der Waals surface area contributed by atoms with Gasteiger partial charge in [-0.3, -0.25) is 4.21 Å². The summed E-state index contributed by atoms with van der Waals surface area (Å²) in [6.45, 7) is 6.84. The molecule has 0 aromatic heterocycles. The third-order valence-electron chi connectivity index (χ3n) is 3.40. The predicted molar refractivity (Wildman–Crippen MR) is 72.1 cm³/mol. The lowest BCUT2D eigenvalue weighted by Gasteiger charge is -2.18. The topological polar surface area (TPSA) is 29.1 Å². The zero-order valence-corrected chi connectivity index (χ0v) is 11.4. The van der Waals surface area contributed by atoms with Gasteiger partial charge in [-0.15, -0.1) is 6.58 Å². The second-order valence-electron chi connectivity index (χ2n) is 4.86. The Hall–Kier alpha value is -0.150. The minimum absolute atomic E-state index is 0.312. The van der Waals surface area contributed by atoms with Crippen LogP contribution in [0.25, 0.3) is 0 Å². The molecule has 0 amide bonds. The molecule has 1 aliphatic carbocycles. The van der Waals surface area contributed by atoms with Crippen molar-refractivity contribution in [3.05, 3.63) is 12.7 Å². The molecule has 0 radical (unpaired) electrons. The van der Waals surface area contributed by atoms with Crippen molar-refractivity contribution in [2.45, 2.75) is 50.3 Å². The fourth-order valence-electron chi connectivity index (χ4n) is 1.94. The minimum Gasteiger partial charge on any atom is -0.314 e. The summed E-state index contributed by atoms with van der Waals surface area (Å²) in [6.07, 6.45) is 9.87. The van der Waals surface area contributed by atoms with E-state index in [1.165, 1.54) is 19.3 Å². The number of nitrogens with one attached hydrogen (secondary N) is 1. The molecule has 1 aliphatic rings. The fraction of sp³-hybridized carbons (Fsp3) is 0.846. The molecule has 0 saturated heterocycles. The Kier molecular flexibility index (Phi) is 6.29. The van der Waals surface area contributed by atoms with Gasteiger partial charge in [-0.05, 0) is 44.6 Å². The van der Waals surface area contributed by atoms with Gasteiger partial charge < -0.3 is 5.32 Å². The van der Waals surface area contributed by atoms with Crippen LogP contribution >= 0.6 is 0 Å². The number of hydrogen-bond acceptors (Lipinski definition) is 2. The molecule has 0 heterocycles. The highest BCUT2D eigenvalue weighted by Gasteiger charge is 2.30. The highest BCUT2D eigenvalue weighted by Crippen LogP contribution is 2.34. The standard InChI is InChI=1S/C13H25NOS/c1-4-5-6-13(12-7-8-12)14-10-9-11(2)16(3)15/h4,11-14H,1,5-10H2,2-3H3. The Labute approximate surface area is 102 Å². The van der Waals surface area contributed by atoms with Gasteiger partial charge >= 0.3 is 0 Å². The minimum atomic E-state index is -0.682. The van der Waals surface area contributed by atoms with Crippen molar-refractivity contribution in [1.82, 2.24) is 5.32 Å². The summed E-state index contributed by atoms with van der Waals surface area (Å²) >= 11 is 0. The maximum absolute atomic E-state index is 11.2. The van der Waals surface area contributed by atoms with Gasteiger partial charge in [0.05, 0.1) is 0 Å². The zero-order valence-electron chi connectivity index (χ0n) is 10.6. The first-order chi connectivity index (χ1) is 7.65. The van der Waals surface area contributed by atoms with E-state index < -0.39 is 10.8 Å². The highest BCUT2D eigenvalue weighted by atomic mass is 32.2. The normalized spacial score (nSPS) is 21.4. The van der Waals surface area contributed by atoms with Crippen molar-refractivity contribution in [1.29, 1.82) is 0 Å². The van der Waals surface area contributed by atoms with Crippen LogP contribution in [0.2, 0.25) is 0 Å². The first-order valence-corrected chi connectivity index (χ1v) is 7.93. The second-order valence-corrected chi connectivity index (χ2v) is 6.66. The second kappa shape index (κ2) is 7.23. The smallest absolute Gasteiger partial charge is 0.0329 e. The predicted octanol–water partition coefficient (Wildman–Crippen LogP) is 2.48. The molecule has 3 atom stereocenters. The van der Waals surface area contributed by atoms with Crippen molar-refractivity contribution < 1.29 is 4.21 Å². The van der Waals surface area contributed by atoms with Gasteiger partial charge in [0, 0.05) is 28.3 Å². The van der Waals surface area contributed by atoms with Crippen molar-refractivity contribution in [3.63, 3.8) is 0 Å². The quantitative estimate of drug-likeness (QED) is 0.630. The van der Waals surface area contributed by atoms with E-state index in [2.05, 4.69) is 18.8 Å². The van der Waals surface area contributed by atoms with Gasteiger partial charge in [0.15, 0.2) is 0 Å². The Morgan fingerprint density at radius 3 is 2.69 bits per heavy atom. The Morgan fingerprint density at radius 1 is 1.50 bits per heavy atom. The maximum atomic E-state index is 11.2. The van der Waals surface area contributed by atoms with E-state index in [0.717, 1.165) is 25.3 Å². The molecule has 1 N–H and O–H groups in total. The van der Waals surface area contributed by atoms with Gasteiger partial charge in [-0.25, -0.2) is 0 Å². The molecule has 94 valence electrons. The van der Waals surface area contributed by atoms with Crippen molar-refractivity contribution >= 4 is 10.8 Å². The van der Waals surface area contributed by atoms with Gasteiger partial charge in [-0.2, -0.15) is 0 Å². The van der Waals surface area contributed by atoms with E-state index in [0.29, 0.717) is 11.3 Å². The third-order valence-corrected chi connectivity index (χ3v) is 4.77. The molecular weight excluding hydrogens is 218 g/mol. The molecule has 1 saturated carbocycles. The van der Waals surface area contributed by atoms with Gasteiger partial charge in [0.2, 0.25) is 0 Å². The molecule has 3 heteroatoms. The van der Waals surface area contributed by atoms with E-state index in [-0.39, 0.29) is 0 Å². The summed E-state index contributed by atoms with van der Waals surface area (Å²) in [4.78, 5) is 0. The molecule has 0 aromatic rings. The fourth-order valence-corrected chi connectivity index (χ4v) is 2.39. The lowest BCUT2D eigenvalue weighted by Crippen LogP contribution is -2.33. The Morgan fingerprint density at radius 2 is 2.19 bits per heavy atom. The summed E-state index contributed by atoms with van der Waals surface area (Å²) in [5.74, 6) is 0.891. The summed E-state index contributed by atoms with van der Waals surface area (Å²) in [6, 6.07) is 0.662. The molecule has 1 rings (SSSR count). The van der Waals surface area contributed by atoms with Crippen molar-refractivity contribution in [3.8, 4) is 0 Å². The van der Waals surface area contributed by atoms with Crippen molar-refractivity contribution in [2.75, 3.05) is 12.8 Å². The van der Waals surface area contributed by atoms with Crippen LogP contribution in [0.1, 0.15) is 39.0 Å². The zero-order chi connectivity index (χ0) is 12.0. The van der Waals surface area contributed by atoms with Crippen LogP contribution in [0.4, 0.5) is 0 Å². The molecule has 2 nitrogen and oxygen atoms in total. The van der Waals surface area contributed by atoms with Gasteiger partial charge in [-0.1, -0.05) is 13.0 Å². The third kappa shape index (κ3) is 5.26. The summed E-state index contributed by atoms with van der Waals surface area (Å²) in [5, 5.41) is 3.93. The molecule has 0 aromatic carbocycles. The SMILES string of the molecule is C=CCCC(NCCC(C)S(C)=O)C1CC1. The highest BCUT2D eigenvalue weighted by molar-refractivity contribution is 7.84. The van der Waals surface area contributed by atoms with Gasteiger partial charge in [0.25, 0.3) is 0 Å². The van der Waals surface area contributed by atoms with Crippen LogP contribution in [0.15, 0.2) is 12.7 Å². The first-order valence-electron chi connectivity index (χ1n) is 6.31. The van der Waals surface area contributed by atoms with E-state index in [4.69, 9.17) is 0 Å².